The summed E-state index contributed by atoms with van der Waals surface area (Å²) in [4.78, 5) is 7.91. The van der Waals surface area contributed by atoms with E-state index in [2.05, 4.69) is 58.6 Å². The Hall–Kier alpha value is -4.05. The highest BCUT2D eigenvalue weighted by atomic mass is 14.8. The van der Waals surface area contributed by atoms with Crippen LogP contribution in [0.5, 0.6) is 0 Å². The van der Waals surface area contributed by atoms with Gasteiger partial charge in [0, 0.05) is 42.5 Å². The van der Waals surface area contributed by atoms with Gasteiger partial charge in [0.25, 0.3) is 0 Å². The molecule has 0 atom stereocenters. The molecule has 33 heavy (non-hydrogen) atoms. The average Bonchev–Trinajstić information content (AvgIpc) is 3.27. The number of benzene rings is 1. The first-order valence-electron chi connectivity index (χ1n) is 11.1. The molecular formula is C29H32N4. The first-order chi connectivity index (χ1) is 16.1. The zero-order chi connectivity index (χ0) is 23.5. The van der Waals surface area contributed by atoms with E-state index in [4.69, 9.17) is 5.73 Å². The van der Waals surface area contributed by atoms with E-state index in [1.165, 1.54) is 5.57 Å². The van der Waals surface area contributed by atoms with E-state index in [0.717, 1.165) is 40.4 Å². The van der Waals surface area contributed by atoms with Crippen molar-refractivity contribution in [2.75, 3.05) is 14.1 Å². The second-order valence-electron chi connectivity index (χ2n) is 7.75. The van der Waals surface area contributed by atoms with Crippen molar-refractivity contribution in [1.82, 2.24) is 10.3 Å². The zero-order valence-corrected chi connectivity index (χ0v) is 19.5. The van der Waals surface area contributed by atoms with Gasteiger partial charge < -0.3 is 16.0 Å². The van der Waals surface area contributed by atoms with Crippen LogP contribution in [0.1, 0.15) is 30.3 Å². The summed E-state index contributed by atoms with van der Waals surface area (Å²) >= 11 is 0. The lowest BCUT2D eigenvalue weighted by atomic mass is 10.0. The van der Waals surface area contributed by atoms with Gasteiger partial charge in [-0.15, -0.1) is 0 Å². The van der Waals surface area contributed by atoms with Gasteiger partial charge in [-0.05, 0) is 61.4 Å². The molecule has 0 saturated heterocycles. The maximum atomic E-state index is 6.23. The van der Waals surface area contributed by atoms with Gasteiger partial charge in [-0.3, -0.25) is 4.99 Å². The van der Waals surface area contributed by atoms with Crippen LogP contribution in [-0.2, 0) is 0 Å². The molecule has 3 rings (SSSR count). The first-order valence-corrected chi connectivity index (χ1v) is 11.1. The van der Waals surface area contributed by atoms with E-state index in [-0.39, 0.29) is 0 Å². The van der Waals surface area contributed by atoms with Crippen LogP contribution in [0.4, 0.5) is 0 Å². The Labute approximate surface area is 197 Å². The van der Waals surface area contributed by atoms with Crippen LogP contribution in [0.25, 0.3) is 11.6 Å². The number of nitrogens with zero attached hydrogens (tertiary/aromatic N) is 1. The molecule has 2 aromatic rings. The predicted octanol–water partition coefficient (Wildman–Crippen LogP) is 5.94. The largest absolute Gasteiger partial charge is 0.399 e. The molecule has 0 spiro atoms. The highest BCUT2D eigenvalue weighted by Crippen LogP contribution is 2.23. The summed E-state index contributed by atoms with van der Waals surface area (Å²) in [6, 6.07) is 14.5. The van der Waals surface area contributed by atoms with E-state index in [1.54, 1.807) is 7.05 Å². The van der Waals surface area contributed by atoms with Gasteiger partial charge in [-0.1, -0.05) is 66.3 Å². The van der Waals surface area contributed by atoms with Crippen LogP contribution in [0.2, 0.25) is 0 Å². The number of likely N-dealkylation sites (N-methyl/N-ethyl adjacent to an activating group) is 1. The number of rotatable bonds is 2. The van der Waals surface area contributed by atoms with Gasteiger partial charge in [0.15, 0.2) is 0 Å². The smallest absolute Gasteiger partial charge is 0.0591 e. The molecule has 0 unspecified atom stereocenters. The molecule has 0 amide bonds. The number of aromatic nitrogens is 1. The zero-order valence-electron chi connectivity index (χ0n) is 19.5. The van der Waals surface area contributed by atoms with Crippen molar-refractivity contribution in [3.05, 3.63) is 131 Å². The number of aliphatic imine (C=N–C) groups is 1. The molecule has 4 heteroatoms. The van der Waals surface area contributed by atoms with Crippen LogP contribution in [0, 0.1) is 0 Å². The highest BCUT2D eigenvalue weighted by molar-refractivity contribution is 6.04. The Bertz CT molecular complexity index is 1180. The van der Waals surface area contributed by atoms with E-state index in [1.807, 2.05) is 73.8 Å². The van der Waals surface area contributed by atoms with Gasteiger partial charge in [0.1, 0.15) is 0 Å². The average molecular weight is 437 g/mol. The summed E-state index contributed by atoms with van der Waals surface area (Å²) in [5.74, 6) is 0. The van der Waals surface area contributed by atoms with Crippen LogP contribution in [-0.4, -0.2) is 24.8 Å². The van der Waals surface area contributed by atoms with Crippen LogP contribution in [0.15, 0.2) is 119 Å². The minimum Gasteiger partial charge on any atom is -0.399 e. The van der Waals surface area contributed by atoms with Gasteiger partial charge in [-0.2, -0.15) is 0 Å². The van der Waals surface area contributed by atoms with Crippen molar-refractivity contribution in [2.24, 2.45) is 10.7 Å². The van der Waals surface area contributed by atoms with Crippen molar-refractivity contribution in [1.29, 1.82) is 0 Å². The molecule has 0 fully saturated rings. The Morgan fingerprint density at radius 1 is 0.939 bits per heavy atom. The lowest BCUT2D eigenvalue weighted by molar-refractivity contribution is 1.03. The molecule has 1 aromatic heterocycles. The number of nitrogens with one attached hydrogen (secondary N) is 2. The topological polar surface area (TPSA) is 66.2 Å². The lowest BCUT2D eigenvalue weighted by Gasteiger charge is -2.05. The molecule has 2 bridgehead atoms. The number of nitrogens with two attached hydrogens (primary N) is 1. The Kier molecular flexibility index (Phi) is 8.66. The molecule has 2 heterocycles. The van der Waals surface area contributed by atoms with E-state index < -0.39 is 0 Å². The van der Waals surface area contributed by atoms with Gasteiger partial charge in [-0.25, -0.2) is 0 Å². The standard InChI is InChI=1S/C29H32N4/c1-22-10-7-14-24(30)20-27-18-19-29(33-27)28(23-12-5-4-6-13-23)17-9-16-26(32-3)21-25(31-2)15-8-11-22/h4-9,11-21,31,33H,10,30H2,1-3H3/b14-7-,15-8-,16-9-,22-11+,24-20-,25-21-,28-17+,32-26?. The van der Waals surface area contributed by atoms with Crippen LogP contribution in [0.3, 0.4) is 0 Å². The highest BCUT2D eigenvalue weighted by Gasteiger charge is 2.06. The minimum atomic E-state index is 0.707. The summed E-state index contributed by atoms with van der Waals surface area (Å²) in [6.07, 6.45) is 21.2. The molecule has 1 aliphatic heterocycles. The van der Waals surface area contributed by atoms with Crippen molar-refractivity contribution in [3.63, 3.8) is 0 Å². The van der Waals surface area contributed by atoms with Crippen molar-refractivity contribution in [3.8, 4) is 0 Å². The quantitative estimate of drug-likeness (QED) is 0.545. The van der Waals surface area contributed by atoms with Crippen molar-refractivity contribution >= 4 is 17.4 Å². The third kappa shape index (κ3) is 7.25. The third-order valence-electron chi connectivity index (χ3n) is 5.19. The van der Waals surface area contributed by atoms with Gasteiger partial charge >= 0.3 is 0 Å². The molecule has 4 N–H and O–H groups in total. The number of allylic oxidation sites excluding steroid dienone is 10. The monoisotopic (exact) mass is 436 g/mol. The summed E-state index contributed by atoms with van der Waals surface area (Å²) in [6.45, 7) is 2.11. The predicted molar refractivity (Wildman–Crippen MR) is 143 cm³/mol. The van der Waals surface area contributed by atoms with Crippen molar-refractivity contribution in [2.45, 2.75) is 13.3 Å². The molecule has 0 radical (unpaired) electrons. The molecule has 1 aromatic carbocycles. The number of H-pyrrole nitrogens is 1. The maximum Gasteiger partial charge on any atom is 0.0591 e. The fraction of sp³-hybridized carbons (Fsp3) is 0.138. The molecular weight excluding hydrogens is 404 g/mol. The molecule has 168 valence electrons. The molecule has 0 saturated carbocycles. The summed E-state index contributed by atoms with van der Waals surface area (Å²) < 4.78 is 0. The van der Waals surface area contributed by atoms with E-state index in [9.17, 15) is 0 Å². The molecule has 1 aliphatic rings. The molecule has 4 nitrogen and oxygen atoms in total. The van der Waals surface area contributed by atoms with Crippen molar-refractivity contribution < 1.29 is 0 Å². The lowest BCUT2D eigenvalue weighted by Crippen LogP contribution is -2.05. The normalized spacial score (nSPS) is 26.0. The Morgan fingerprint density at radius 2 is 1.73 bits per heavy atom. The SMILES string of the molecule is CN=C1/C=C\C=C(/c2ccccc2)c2ccc([nH]2)/C=C(N)/C=C\C/C(C)=C/C=C\C(NC)=C\1. The van der Waals surface area contributed by atoms with Gasteiger partial charge in [0.2, 0.25) is 0 Å². The maximum absolute atomic E-state index is 6.23. The third-order valence-corrected chi connectivity index (χ3v) is 5.19. The summed E-state index contributed by atoms with van der Waals surface area (Å²) in [5.41, 5.74) is 14.2. The number of fused-ring (bicyclic) bond motifs is 2. The van der Waals surface area contributed by atoms with Gasteiger partial charge in [0.05, 0.1) is 5.71 Å². The first kappa shape index (κ1) is 23.6. The second-order valence-corrected chi connectivity index (χ2v) is 7.75. The minimum absolute atomic E-state index is 0.707. The second kappa shape index (κ2) is 12.1. The van der Waals surface area contributed by atoms with Crippen LogP contribution >= 0.6 is 0 Å². The fourth-order valence-electron chi connectivity index (χ4n) is 3.40. The number of aromatic amines is 1. The van der Waals surface area contributed by atoms with E-state index >= 15 is 0 Å². The van der Waals surface area contributed by atoms with Crippen LogP contribution < -0.4 is 11.1 Å². The Balaban J connectivity index is 2.08. The Morgan fingerprint density at radius 3 is 2.48 bits per heavy atom. The summed E-state index contributed by atoms with van der Waals surface area (Å²) in [5, 5.41) is 3.22. The fourth-order valence-corrected chi connectivity index (χ4v) is 3.40. The number of hydrogen-bond acceptors (Lipinski definition) is 3. The number of hydrogen-bond donors (Lipinski definition) is 3. The molecule has 0 aliphatic carbocycles. The summed E-state index contributed by atoms with van der Waals surface area (Å²) in [7, 11) is 3.71. The van der Waals surface area contributed by atoms with E-state index in [0.29, 0.717) is 5.70 Å².